The van der Waals surface area contributed by atoms with Crippen molar-refractivity contribution >= 4 is 23.5 Å². The second-order valence-electron chi connectivity index (χ2n) is 4.41. The number of nitrogens with zero attached hydrogens (tertiary/aromatic N) is 2. The number of amides is 2. The maximum atomic E-state index is 12.1. The molecule has 0 spiro atoms. The Hall–Kier alpha value is -2.28. The monoisotopic (exact) mass is 262 g/mol. The number of carbonyl (C=O) groups excluding carboxylic acids is 2. The fourth-order valence-corrected chi connectivity index (χ4v) is 2.33. The summed E-state index contributed by atoms with van der Waals surface area (Å²) < 4.78 is 5.28. The van der Waals surface area contributed by atoms with Crippen LogP contribution in [0.3, 0.4) is 0 Å². The molecule has 2 fully saturated rings. The topological polar surface area (TPSA) is 96.8 Å². The molecule has 1 N–H and O–H groups in total. The Kier molecular flexibility index (Phi) is 2.56. The van der Waals surface area contributed by atoms with E-state index < -0.39 is 30.0 Å². The van der Waals surface area contributed by atoms with Gasteiger partial charge in [-0.15, -0.1) is 0 Å². The normalized spacial score (nSPS) is 25.8. The molecule has 7 nitrogen and oxygen atoms in total. The Morgan fingerprint density at radius 1 is 1.32 bits per heavy atom. The van der Waals surface area contributed by atoms with E-state index in [2.05, 4.69) is 4.98 Å². The van der Waals surface area contributed by atoms with Gasteiger partial charge in [0.1, 0.15) is 17.9 Å². The fraction of sp³-hybridized carbons (Fsp3) is 0.333. The average Bonchev–Trinajstić information content (AvgIpc) is 2.84. The summed E-state index contributed by atoms with van der Waals surface area (Å²) in [5, 5.41) is 8.88. The largest absolute Gasteiger partial charge is 0.477 e. The molecule has 98 valence electrons. The van der Waals surface area contributed by atoms with E-state index in [0.29, 0.717) is 12.8 Å². The van der Waals surface area contributed by atoms with Gasteiger partial charge in [0.15, 0.2) is 0 Å². The number of imide groups is 1. The minimum absolute atomic E-state index is 0.211. The molecule has 1 aromatic rings. The highest BCUT2D eigenvalue weighted by atomic mass is 16.5. The minimum atomic E-state index is -1.21. The Bertz CT molecular complexity index is 563. The zero-order valence-corrected chi connectivity index (χ0v) is 9.78. The van der Waals surface area contributed by atoms with Crippen LogP contribution in [0.5, 0.6) is 0 Å². The van der Waals surface area contributed by atoms with Gasteiger partial charge in [0, 0.05) is 6.20 Å². The Balaban J connectivity index is 2.01. The number of carbonyl (C=O) groups is 3. The van der Waals surface area contributed by atoms with Crippen LogP contribution in [-0.4, -0.2) is 40.1 Å². The van der Waals surface area contributed by atoms with E-state index in [4.69, 9.17) is 9.84 Å². The third kappa shape index (κ3) is 1.78. The third-order valence-corrected chi connectivity index (χ3v) is 3.23. The number of carboxylic acid groups (broad SMARTS) is 1. The standard InChI is InChI=1S/C12H10N2O5/c15-10-8-1-2-9(19-8)11(16)14(10)6-3-4-13-7(5-6)12(17)18/h3-5,8-9H,1-2H2,(H,17,18). The van der Waals surface area contributed by atoms with Gasteiger partial charge in [-0.2, -0.15) is 0 Å². The van der Waals surface area contributed by atoms with Crippen LogP contribution >= 0.6 is 0 Å². The average molecular weight is 262 g/mol. The van der Waals surface area contributed by atoms with Gasteiger partial charge in [0.05, 0.1) is 5.69 Å². The van der Waals surface area contributed by atoms with E-state index in [1.165, 1.54) is 18.3 Å². The molecule has 2 atom stereocenters. The fourth-order valence-electron chi connectivity index (χ4n) is 2.33. The summed E-state index contributed by atoms with van der Waals surface area (Å²) in [6.07, 6.45) is 1.08. The molecule has 2 amide bonds. The molecule has 19 heavy (non-hydrogen) atoms. The highest BCUT2D eigenvalue weighted by Gasteiger charge is 2.47. The Morgan fingerprint density at radius 3 is 2.53 bits per heavy atom. The number of carboxylic acids is 1. The van der Waals surface area contributed by atoms with E-state index in [1.54, 1.807) is 0 Å². The summed E-state index contributed by atoms with van der Waals surface area (Å²) in [5.74, 6) is -2.10. The van der Waals surface area contributed by atoms with Crippen LogP contribution < -0.4 is 4.90 Å². The molecule has 3 heterocycles. The summed E-state index contributed by atoms with van der Waals surface area (Å²) in [6, 6.07) is 2.65. The van der Waals surface area contributed by atoms with Crippen molar-refractivity contribution in [3.63, 3.8) is 0 Å². The van der Waals surface area contributed by atoms with Crippen molar-refractivity contribution in [3.05, 3.63) is 24.0 Å². The maximum Gasteiger partial charge on any atom is 0.354 e. The first kappa shape index (κ1) is 11.8. The summed E-state index contributed by atoms with van der Waals surface area (Å²) in [5.41, 5.74) is 0.0135. The van der Waals surface area contributed by atoms with Crippen molar-refractivity contribution in [2.24, 2.45) is 0 Å². The molecule has 3 rings (SSSR count). The summed E-state index contributed by atoms with van der Waals surface area (Å²) in [7, 11) is 0. The predicted octanol–water partition coefficient (Wildman–Crippen LogP) is 0.201. The smallest absolute Gasteiger partial charge is 0.354 e. The lowest BCUT2D eigenvalue weighted by atomic mass is 10.2. The number of fused-ring (bicyclic) bond motifs is 2. The van der Waals surface area contributed by atoms with Gasteiger partial charge in [-0.05, 0) is 25.0 Å². The van der Waals surface area contributed by atoms with E-state index in [0.717, 1.165) is 4.90 Å². The van der Waals surface area contributed by atoms with Crippen molar-refractivity contribution < 1.29 is 24.2 Å². The summed E-state index contributed by atoms with van der Waals surface area (Å²) in [6.45, 7) is 0. The van der Waals surface area contributed by atoms with Crippen LogP contribution in [-0.2, 0) is 14.3 Å². The van der Waals surface area contributed by atoms with Crippen molar-refractivity contribution in [1.82, 2.24) is 4.98 Å². The number of morpholine rings is 1. The molecule has 0 radical (unpaired) electrons. The molecule has 0 aromatic carbocycles. The molecular formula is C12H10N2O5. The highest BCUT2D eigenvalue weighted by molar-refractivity contribution is 6.20. The molecule has 1 aromatic heterocycles. The molecule has 7 heteroatoms. The molecule has 2 aliphatic rings. The number of aromatic nitrogens is 1. The quantitative estimate of drug-likeness (QED) is 0.765. The van der Waals surface area contributed by atoms with Gasteiger partial charge in [-0.3, -0.25) is 9.59 Å². The zero-order valence-electron chi connectivity index (χ0n) is 9.78. The molecule has 2 unspecified atom stereocenters. The van der Waals surface area contributed by atoms with Crippen LogP contribution in [0.2, 0.25) is 0 Å². The molecule has 0 saturated carbocycles. The number of rotatable bonds is 2. The predicted molar refractivity (Wildman–Crippen MR) is 61.6 cm³/mol. The molecule has 0 aliphatic carbocycles. The second-order valence-corrected chi connectivity index (χ2v) is 4.41. The van der Waals surface area contributed by atoms with Crippen LogP contribution in [0.4, 0.5) is 5.69 Å². The van der Waals surface area contributed by atoms with E-state index >= 15 is 0 Å². The Labute approximate surface area is 107 Å². The van der Waals surface area contributed by atoms with Gasteiger partial charge in [0.2, 0.25) is 0 Å². The van der Waals surface area contributed by atoms with Gasteiger partial charge in [-0.1, -0.05) is 0 Å². The highest BCUT2D eigenvalue weighted by Crippen LogP contribution is 2.31. The van der Waals surface area contributed by atoms with E-state index in [9.17, 15) is 14.4 Å². The van der Waals surface area contributed by atoms with Gasteiger partial charge in [-0.25, -0.2) is 14.7 Å². The molecule has 2 bridgehead atoms. The first-order chi connectivity index (χ1) is 9.08. The maximum absolute atomic E-state index is 12.1. The zero-order chi connectivity index (χ0) is 13.6. The minimum Gasteiger partial charge on any atom is -0.477 e. The van der Waals surface area contributed by atoms with E-state index in [-0.39, 0.29) is 11.4 Å². The van der Waals surface area contributed by atoms with Crippen molar-refractivity contribution in [2.45, 2.75) is 25.0 Å². The second kappa shape index (κ2) is 4.13. The number of aromatic carboxylic acids is 1. The summed E-state index contributed by atoms with van der Waals surface area (Å²) in [4.78, 5) is 39.7. The number of pyridine rings is 1. The number of hydrogen-bond donors (Lipinski definition) is 1. The summed E-state index contributed by atoms with van der Waals surface area (Å²) >= 11 is 0. The van der Waals surface area contributed by atoms with Gasteiger partial charge < -0.3 is 9.84 Å². The van der Waals surface area contributed by atoms with Crippen LogP contribution in [0.15, 0.2) is 18.3 Å². The van der Waals surface area contributed by atoms with Crippen molar-refractivity contribution in [3.8, 4) is 0 Å². The van der Waals surface area contributed by atoms with Gasteiger partial charge in [0.25, 0.3) is 11.8 Å². The Morgan fingerprint density at radius 2 is 1.95 bits per heavy atom. The van der Waals surface area contributed by atoms with Gasteiger partial charge >= 0.3 is 5.97 Å². The molecule has 2 aliphatic heterocycles. The first-order valence-electron chi connectivity index (χ1n) is 5.80. The lowest BCUT2D eigenvalue weighted by Crippen LogP contribution is -2.52. The van der Waals surface area contributed by atoms with Crippen LogP contribution in [0, 0.1) is 0 Å². The lowest BCUT2D eigenvalue weighted by molar-refractivity contribution is -0.146. The number of hydrogen-bond acceptors (Lipinski definition) is 5. The lowest BCUT2D eigenvalue weighted by Gasteiger charge is -2.29. The van der Waals surface area contributed by atoms with E-state index in [1.807, 2.05) is 0 Å². The van der Waals surface area contributed by atoms with Crippen molar-refractivity contribution in [2.75, 3.05) is 4.90 Å². The van der Waals surface area contributed by atoms with Crippen LogP contribution in [0.25, 0.3) is 0 Å². The first-order valence-corrected chi connectivity index (χ1v) is 5.80. The number of ether oxygens (including phenoxy) is 1. The molecular weight excluding hydrogens is 252 g/mol. The number of anilines is 1. The van der Waals surface area contributed by atoms with Crippen LogP contribution in [0.1, 0.15) is 23.3 Å². The third-order valence-electron chi connectivity index (χ3n) is 3.23. The molecule has 2 saturated heterocycles. The van der Waals surface area contributed by atoms with Crippen molar-refractivity contribution in [1.29, 1.82) is 0 Å². The SMILES string of the molecule is O=C(O)c1cc(N2C(=O)C3CCC(O3)C2=O)ccn1.